The van der Waals surface area contributed by atoms with Crippen molar-refractivity contribution >= 4 is 17.5 Å². The Morgan fingerprint density at radius 2 is 1.77 bits per heavy atom. The summed E-state index contributed by atoms with van der Waals surface area (Å²) in [5, 5.41) is 3.16. The van der Waals surface area contributed by atoms with E-state index in [1.807, 2.05) is 30.3 Å². The maximum atomic E-state index is 12.7. The highest BCUT2D eigenvalue weighted by Gasteiger charge is 2.22. The molecule has 136 valence electrons. The summed E-state index contributed by atoms with van der Waals surface area (Å²) in [5.74, 6) is 0.547. The molecule has 4 heteroatoms. The summed E-state index contributed by atoms with van der Waals surface area (Å²) < 4.78 is 0. The number of benzene rings is 2. The number of hydrogen-bond acceptors (Lipinski definition) is 2. The van der Waals surface area contributed by atoms with Crippen molar-refractivity contribution in [3.8, 4) is 0 Å². The van der Waals surface area contributed by atoms with Gasteiger partial charge in [-0.15, -0.1) is 0 Å². The Morgan fingerprint density at radius 3 is 2.35 bits per heavy atom. The van der Waals surface area contributed by atoms with Crippen LogP contribution in [0.1, 0.15) is 55.1 Å². The van der Waals surface area contributed by atoms with Gasteiger partial charge in [0, 0.05) is 24.2 Å². The number of amides is 2. The smallest absolute Gasteiger partial charge is 0.251 e. The molecule has 26 heavy (non-hydrogen) atoms. The van der Waals surface area contributed by atoms with E-state index in [2.05, 4.69) is 31.3 Å². The van der Waals surface area contributed by atoms with E-state index in [0.717, 1.165) is 30.6 Å². The topological polar surface area (TPSA) is 49.4 Å². The number of anilines is 1. The zero-order chi connectivity index (χ0) is 18.5. The number of carbonyl (C=O) groups excluding carboxylic acids is 2. The first-order valence-corrected chi connectivity index (χ1v) is 9.31. The van der Waals surface area contributed by atoms with Crippen molar-refractivity contribution in [1.29, 1.82) is 0 Å². The predicted octanol–water partition coefficient (Wildman–Crippen LogP) is 4.33. The van der Waals surface area contributed by atoms with E-state index in [1.54, 1.807) is 17.0 Å². The van der Waals surface area contributed by atoms with E-state index < -0.39 is 0 Å². The number of rotatable bonds is 6. The van der Waals surface area contributed by atoms with Crippen molar-refractivity contribution in [3.63, 3.8) is 0 Å². The monoisotopic (exact) mass is 350 g/mol. The van der Waals surface area contributed by atoms with Gasteiger partial charge in [0.15, 0.2) is 0 Å². The molecule has 1 heterocycles. The third-order valence-electron chi connectivity index (χ3n) is 4.73. The number of hydrogen-bond donors (Lipinski definition) is 1. The molecule has 0 bridgehead atoms. The van der Waals surface area contributed by atoms with Gasteiger partial charge in [0.05, 0.1) is 6.04 Å². The predicted molar refractivity (Wildman–Crippen MR) is 104 cm³/mol. The lowest BCUT2D eigenvalue weighted by Crippen LogP contribution is -2.29. The van der Waals surface area contributed by atoms with Gasteiger partial charge >= 0.3 is 0 Å². The van der Waals surface area contributed by atoms with Gasteiger partial charge in [0.25, 0.3) is 5.91 Å². The standard InChI is InChI=1S/C22H26N2O2/c1-16(2)15-20(17-7-4-3-5-8-17)23-22(26)18-10-12-19(13-11-18)24-14-6-9-21(24)25/h3-5,7-8,10-13,16,20H,6,9,14-15H2,1-2H3,(H,23,26)/t20-/m1/s1. The molecular weight excluding hydrogens is 324 g/mol. The van der Waals surface area contributed by atoms with Crippen LogP contribution < -0.4 is 10.2 Å². The van der Waals surface area contributed by atoms with Crippen molar-refractivity contribution < 1.29 is 9.59 Å². The molecule has 1 aliphatic rings. The van der Waals surface area contributed by atoms with Crippen LogP contribution in [0.5, 0.6) is 0 Å². The number of carbonyl (C=O) groups is 2. The molecule has 1 aliphatic heterocycles. The molecule has 0 saturated carbocycles. The molecule has 2 aromatic rings. The minimum absolute atomic E-state index is 0.0106. The van der Waals surface area contributed by atoms with E-state index in [9.17, 15) is 9.59 Å². The van der Waals surface area contributed by atoms with Crippen LogP contribution in [0, 0.1) is 5.92 Å². The highest BCUT2D eigenvalue weighted by molar-refractivity contribution is 5.97. The van der Waals surface area contributed by atoms with E-state index in [4.69, 9.17) is 0 Å². The summed E-state index contributed by atoms with van der Waals surface area (Å²) in [6, 6.07) is 17.4. The fourth-order valence-electron chi connectivity index (χ4n) is 3.39. The summed E-state index contributed by atoms with van der Waals surface area (Å²) >= 11 is 0. The molecule has 4 nitrogen and oxygen atoms in total. The largest absolute Gasteiger partial charge is 0.345 e. The van der Waals surface area contributed by atoms with Gasteiger partial charge in [0.2, 0.25) is 5.91 Å². The molecule has 3 rings (SSSR count). The van der Waals surface area contributed by atoms with Crippen molar-refractivity contribution in [2.75, 3.05) is 11.4 Å². The molecule has 1 atom stereocenters. The van der Waals surface area contributed by atoms with E-state index in [-0.39, 0.29) is 17.9 Å². The van der Waals surface area contributed by atoms with Crippen molar-refractivity contribution in [3.05, 3.63) is 65.7 Å². The lowest BCUT2D eigenvalue weighted by molar-refractivity contribution is -0.117. The zero-order valence-corrected chi connectivity index (χ0v) is 15.4. The van der Waals surface area contributed by atoms with Crippen LogP contribution in [0.2, 0.25) is 0 Å². The van der Waals surface area contributed by atoms with Crippen LogP contribution in [-0.4, -0.2) is 18.4 Å². The second kappa shape index (κ2) is 8.17. The number of nitrogens with zero attached hydrogens (tertiary/aromatic N) is 1. The van der Waals surface area contributed by atoms with Crippen molar-refractivity contribution in [2.45, 2.75) is 39.2 Å². The Hall–Kier alpha value is -2.62. The summed E-state index contributed by atoms with van der Waals surface area (Å²) in [6.45, 7) is 5.07. The molecule has 0 radical (unpaired) electrons. The van der Waals surface area contributed by atoms with Gasteiger partial charge in [-0.05, 0) is 48.6 Å². The minimum atomic E-state index is -0.0844. The molecular formula is C22H26N2O2. The number of nitrogens with one attached hydrogen (secondary N) is 1. The Balaban J connectivity index is 1.72. The fourth-order valence-corrected chi connectivity index (χ4v) is 3.39. The van der Waals surface area contributed by atoms with Gasteiger partial charge < -0.3 is 10.2 Å². The molecule has 0 aliphatic carbocycles. The summed E-state index contributed by atoms with van der Waals surface area (Å²) in [5.41, 5.74) is 2.60. The average Bonchev–Trinajstić information content (AvgIpc) is 3.07. The molecule has 0 aromatic heterocycles. The highest BCUT2D eigenvalue weighted by atomic mass is 16.2. The summed E-state index contributed by atoms with van der Waals surface area (Å²) in [7, 11) is 0. The fraction of sp³-hybridized carbons (Fsp3) is 0.364. The lowest BCUT2D eigenvalue weighted by Gasteiger charge is -2.21. The third-order valence-corrected chi connectivity index (χ3v) is 4.73. The van der Waals surface area contributed by atoms with Crippen LogP contribution in [0.15, 0.2) is 54.6 Å². The molecule has 1 saturated heterocycles. The quantitative estimate of drug-likeness (QED) is 0.843. The molecule has 1 fully saturated rings. The van der Waals surface area contributed by atoms with Crippen molar-refractivity contribution in [2.24, 2.45) is 5.92 Å². The van der Waals surface area contributed by atoms with Crippen LogP contribution in [0.3, 0.4) is 0 Å². The Morgan fingerprint density at radius 1 is 1.08 bits per heavy atom. The van der Waals surface area contributed by atoms with Gasteiger partial charge in [0.1, 0.15) is 0 Å². The second-order valence-electron chi connectivity index (χ2n) is 7.26. The maximum Gasteiger partial charge on any atom is 0.251 e. The lowest BCUT2D eigenvalue weighted by atomic mass is 9.96. The van der Waals surface area contributed by atoms with Gasteiger partial charge in [-0.2, -0.15) is 0 Å². The van der Waals surface area contributed by atoms with E-state index >= 15 is 0 Å². The first-order valence-electron chi connectivity index (χ1n) is 9.31. The minimum Gasteiger partial charge on any atom is -0.345 e. The van der Waals surface area contributed by atoms with Crippen molar-refractivity contribution in [1.82, 2.24) is 5.32 Å². The zero-order valence-electron chi connectivity index (χ0n) is 15.4. The average molecular weight is 350 g/mol. The Kier molecular flexibility index (Phi) is 5.71. The van der Waals surface area contributed by atoms with Gasteiger partial charge in [-0.25, -0.2) is 0 Å². The third kappa shape index (κ3) is 4.31. The molecule has 1 N–H and O–H groups in total. The van der Waals surface area contributed by atoms with Gasteiger partial charge in [-0.1, -0.05) is 44.2 Å². The van der Waals surface area contributed by atoms with Crippen LogP contribution in [0.4, 0.5) is 5.69 Å². The second-order valence-corrected chi connectivity index (χ2v) is 7.26. The molecule has 2 amide bonds. The van der Waals surface area contributed by atoms with E-state index in [0.29, 0.717) is 17.9 Å². The summed E-state index contributed by atoms with van der Waals surface area (Å²) in [4.78, 5) is 26.3. The van der Waals surface area contributed by atoms with E-state index in [1.165, 1.54) is 0 Å². The SMILES string of the molecule is CC(C)C[C@@H](NC(=O)c1ccc(N2CCCC2=O)cc1)c1ccccc1. The first-order chi connectivity index (χ1) is 12.5. The van der Waals surface area contributed by atoms with Crippen LogP contribution in [0.25, 0.3) is 0 Å². The van der Waals surface area contributed by atoms with Crippen LogP contribution >= 0.6 is 0 Å². The Labute approximate surface area is 155 Å². The Bertz CT molecular complexity index is 753. The maximum absolute atomic E-state index is 12.7. The summed E-state index contributed by atoms with van der Waals surface area (Å²) in [6.07, 6.45) is 2.39. The molecule has 2 aromatic carbocycles. The normalized spacial score (nSPS) is 15.3. The van der Waals surface area contributed by atoms with Crippen LogP contribution in [-0.2, 0) is 4.79 Å². The van der Waals surface area contributed by atoms with Gasteiger partial charge in [-0.3, -0.25) is 9.59 Å². The first kappa shape index (κ1) is 18.2. The molecule has 0 spiro atoms. The highest BCUT2D eigenvalue weighted by Crippen LogP contribution is 2.24. The molecule has 0 unspecified atom stereocenters.